The summed E-state index contributed by atoms with van der Waals surface area (Å²) < 4.78 is 12.1. The van der Waals surface area contributed by atoms with Gasteiger partial charge in [-0.3, -0.25) is 0 Å². The molecule has 0 aliphatic rings. The fourth-order valence-electron chi connectivity index (χ4n) is 1.62. The van der Waals surface area contributed by atoms with Crippen molar-refractivity contribution in [1.82, 2.24) is 9.88 Å². The Morgan fingerprint density at radius 1 is 1.45 bits per heavy atom. The molecule has 0 aliphatic heterocycles. The zero-order valence-electron chi connectivity index (χ0n) is 14.1. The standard InChI is InChI=1S/C16H26BrN3O2/c1-6-8-21-10-12(3)22-16-14(17)9-15(13(4)19-16)18-11-20(5)7-2/h9,11-12H,6-8,10H2,1-5H3/b18-11-/t12-/m0/s1. The van der Waals surface area contributed by atoms with Crippen LogP contribution in [0.1, 0.15) is 32.9 Å². The minimum Gasteiger partial charge on any atom is -0.471 e. The van der Waals surface area contributed by atoms with E-state index in [2.05, 4.69) is 39.8 Å². The molecule has 1 atom stereocenters. The molecule has 0 aromatic carbocycles. The smallest absolute Gasteiger partial charge is 0.228 e. The second-order valence-corrected chi connectivity index (χ2v) is 6.06. The highest BCUT2D eigenvalue weighted by atomic mass is 79.9. The average molecular weight is 372 g/mol. The number of aromatic nitrogens is 1. The summed E-state index contributed by atoms with van der Waals surface area (Å²) in [7, 11) is 1.98. The highest BCUT2D eigenvalue weighted by Crippen LogP contribution is 2.30. The fraction of sp³-hybridized carbons (Fsp3) is 0.625. The van der Waals surface area contributed by atoms with Crippen molar-refractivity contribution in [3.05, 3.63) is 16.2 Å². The molecule has 1 aromatic rings. The molecule has 0 unspecified atom stereocenters. The molecule has 0 radical (unpaired) electrons. The highest BCUT2D eigenvalue weighted by Gasteiger charge is 2.12. The van der Waals surface area contributed by atoms with Gasteiger partial charge in [0.2, 0.25) is 5.88 Å². The number of rotatable bonds is 9. The summed E-state index contributed by atoms with van der Waals surface area (Å²) in [6, 6.07) is 1.93. The summed E-state index contributed by atoms with van der Waals surface area (Å²) in [6.45, 7) is 10.3. The molecule has 6 heteroatoms. The summed E-state index contributed by atoms with van der Waals surface area (Å²) >= 11 is 3.50. The van der Waals surface area contributed by atoms with Gasteiger partial charge in [0.05, 0.1) is 28.8 Å². The molecule has 124 valence electrons. The molecule has 1 rings (SSSR count). The van der Waals surface area contributed by atoms with Crippen LogP contribution in [-0.4, -0.2) is 49.1 Å². The van der Waals surface area contributed by atoms with E-state index >= 15 is 0 Å². The van der Waals surface area contributed by atoms with Crippen molar-refractivity contribution in [2.24, 2.45) is 4.99 Å². The van der Waals surface area contributed by atoms with Crippen molar-refractivity contribution in [2.75, 3.05) is 26.8 Å². The Kier molecular flexibility index (Phi) is 8.42. The van der Waals surface area contributed by atoms with Gasteiger partial charge in [-0.05, 0) is 49.2 Å². The molecule has 0 amide bonds. The number of aliphatic imine (C=N–C) groups is 1. The van der Waals surface area contributed by atoms with Crippen LogP contribution < -0.4 is 4.74 Å². The normalized spacial score (nSPS) is 12.6. The molecule has 1 heterocycles. The number of hydrogen-bond acceptors (Lipinski definition) is 4. The van der Waals surface area contributed by atoms with Crippen LogP contribution in [0.3, 0.4) is 0 Å². The zero-order chi connectivity index (χ0) is 16.5. The van der Waals surface area contributed by atoms with Crippen molar-refractivity contribution in [3.63, 3.8) is 0 Å². The van der Waals surface area contributed by atoms with E-state index in [1.54, 1.807) is 6.34 Å². The molecule has 22 heavy (non-hydrogen) atoms. The first kappa shape index (κ1) is 18.9. The first-order valence-electron chi connectivity index (χ1n) is 7.63. The van der Waals surface area contributed by atoms with E-state index in [-0.39, 0.29) is 6.10 Å². The van der Waals surface area contributed by atoms with Gasteiger partial charge in [-0.2, -0.15) is 0 Å². The molecule has 0 saturated carbocycles. The van der Waals surface area contributed by atoms with Crippen molar-refractivity contribution in [1.29, 1.82) is 0 Å². The Morgan fingerprint density at radius 2 is 2.18 bits per heavy atom. The monoisotopic (exact) mass is 371 g/mol. The lowest BCUT2D eigenvalue weighted by Gasteiger charge is -2.16. The lowest BCUT2D eigenvalue weighted by atomic mass is 10.3. The van der Waals surface area contributed by atoms with Crippen LogP contribution in [0.5, 0.6) is 5.88 Å². The number of hydrogen-bond donors (Lipinski definition) is 0. The topological polar surface area (TPSA) is 47.0 Å². The van der Waals surface area contributed by atoms with Gasteiger partial charge in [0.25, 0.3) is 0 Å². The molecule has 0 fully saturated rings. The molecule has 0 spiro atoms. The number of nitrogens with zero attached hydrogens (tertiary/aromatic N) is 3. The van der Waals surface area contributed by atoms with Crippen LogP contribution in [-0.2, 0) is 4.74 Å². The second-order valence-electron chi connectivity index (χ2n) is 5.20. The quantitative estimate of drug-likeness (QED) is 0.374. The van der Waals surface area contributed by atoms with Gasteiger partial charge in [0.1, 0.15) is 6.10 Å². The molecule has 0 saturated heterocycles. The Morgan fingerprint density at radius 3 is 2.82 bits per heavy atom. The summed E-state index contributed by atoms with van der Waals surface area (Å²) in [5, 5.41) is 0. The second kappa shape index (κ2) is 9.79. The molecular weight excluding hydrogens is 346 g/mol. The van der Waals surface area contributed by atoms with Crippen molar-refractivity contribution >= 4 is 28.0 Å². The molecule has 0 bridgehead atoms. The molecule has 0 aliphatic carbocycles. The van der Waals surface area contributed by atoms with E-state index in [9.17, 15) is 0 Å². The first-order chi connectivity index (χ1) is 10.5. The maximum atomic E-state index is 5.83. The Hall–Kier alpha value is -1.14. The molecule has 0 N–H and O–H groups in total. The van der Waals surface area contributed by atoms with E-state index in [0.29, 0.717) is 12.5 Å². The summed E-state index contributed by atoms with van der Waals surface area (Å²) in [4.78, 5) is 10.9. The van der Waals surface area contributed by atoms with Crippen molar-refractivity contribution in [2.45, 2.75) is 40.2 Å². The van der Waals surface area contributed by atoms with Gasteiger partial charge in [-0.15, -0.1) is 0 Å². The van der Waals surface area contributed by atoms with Crippen LogP contribution >= 0.6 is 15.9 Å². The number of pyridine rings is 1. The van der Waals surface area contributed by atoms with Crippen LogP contribution in [0.15, 0.2) is 15.5 Å². The van der Waals surface area contributed by atoms with Crippen molar-refractivity contribution < 1.29 is 9.47 Å². The van der Waals surface area contributed by atoms with Crippen LogP contribution in [0.2, 0.25) is 0 Å². The largest absolute Gasteiger partial charge is 0.471 e. The lowest BCUT2D eigenvalue weighted by Crippen LogP contribution is -2.20. The maximum Gasteiger partial charge on any atom is 0.228 e. The average Bonchev–Trinajstić information content (AvgIpc) is 2.49. The number of ether oxygens (including phenoxy) is 2. The van der Waals surface area contributed by atoms with Gasteiger partial charge in [-0.1, -0.05) is 6.92 Å². The van der Waals surface area contributed by atoms with Gasteiger partial charge < -0.3 is 14.4 Å². The summed E-state index contributed by atoms with van der Waals surface area (Å²) in [5.41, 5.74) is 1.66. The first-order valence-corrected chi connectivity index (χ1v) is 8.43. The van der Waals surface area contributed by atoms with Gasteiger partial charge >= 0.3 is 0 Å². The zero-order valence-corrected chi connectivity index (χ0v) is 15.7. The predicted octanol–water partition coefficient (Wildman–Crippen LogP) is 3.96. The molecular formula is C16H26BrN3O2. The minimum absolute atomic E-state index is 0.0460. The van der Waals surface area contributed by atoms with E-state index < -0.39 is 0 Å². The number of aryl methyl sites for hydroxylation is 1. The van der Waals surface area contributed by atoms with Crippen LogP contribution in [0.4, 0.5) is 5.69 Å². The SMILES string of the molecule is CCCOC[C@H](C)Oc1nc(C)c(/N=C\N(C)CC)cc1Br. The van der Waals surface area contributed by atoms with Crippen molar-refractivity contribution in [3.8, 4) is 5.88 Å². The van der Waals surface area contributed by atoms with Gasteiger partial charge in [0, 0.05) is 20.2 Å². The van der Waals surface area contributed by atoms with E-state index in [1.165, 1.54) is 0 Å². The Bertz CT molecular complexity index is 495. The van der Waals surface area contributed by atoms with Crippen LogP contribution in [0, 0.1) is 6.92 Å². The third kappa shape index (κ3) is 6.32. The molecule has 1 aromatic heterocycles. The van der Waals surface area contributed by atoms with Gasteiger partial charge in [0.15, 0.2) is 0 Å². The number of halogens is 1. The third-order valence-corrected chi connectivity index (χ3v) is 3.58. The Labute approximate surface area is 141 Å². The van der Waals surface area contributed by atoms with E-state index in [1.807, 2.05) is 31.9 Å². The van der Waals surface area contributed by atoms with Crippen LogP contribution in [0.25, 0.3) is 0 Å². The molecule has 5 nitrogen and oxygen atoms in total. The Balaban J connectivity index is 2.74. The van der Waals surface area contributed by atoms with E-state index in [4.69, 9.17) is 9.47 Å². The minimum atomic E-state index is -0.0460. The summed E-state index contributed by atoms with van der Waals surface area (Å²) in [5.74, 6) is 0.577. The maximum absolute atomic E-state index is 5.83. The highest BCUT2D eigenvalue weighted by molar-refractivity contribution is 9.10. The summed E-state index contributed by atoms with van der Waals surface area (Å²) in [6.07, 6.45) is 2.76. The third-order valence-electron chi connectivity index (χ3n) is 3.01. The predicted molar refractivity (Wildman–Crippen MR) is 94.3 cm³/mol. The van der Waals surface area contributed by atoms with E-state index in [0.717, 1.165) is 35.4 Å². The lowest BCUT2D eigenvalue weighted by molar-refractivity contribution is 0.0563. The fourth-order valence-corrected chi connectivity index (χ4v) is 2.02. The van der Waals surface area contributed by atoms with Gasteiger partial charge in [-0.25, -0.2) is 9.98 Å².